The number of ketones is 1. The summed E-state index contributed by atoms with van der Waals surface area (Å²) in [6.07, 6.45) is 6.62. The highest BCUT2D eigenvalue weighted by Gasteiger charge is 2.07. The Bertz CT molecular complexity index is 192. The van der Waals surface area contributed by atoms with E-state index in [1.807, 2.05) is 6.08 Å². The fourth-order valence-corrected chi connectivity index (χ4v) is 1.23. The second-order valence-corrected chi connectivity index (χ2v) is 2.86. The fraction of sp³-hybridized carbons (Fsp3) is 0.556. The molecule has 0 amide bonds. The molecule has 0 radical (unpaired) electrons. The normalized spacial score (nSPS) is 20.0. The van der Waals surface area contributed by atoms with Crippen molar-refractivity contribution < 1.29 is 9.59 Å². The maximum Gasteiger partial charge on any atom is 0.146 e. The molecule has 2 nitrogen and oxygen atoms in total. The molecule has 0 saturated carbocycles. The third-order valence-electron chi connectivity index (χ3n) is 1.87. The minimum atomic E-state index is 0.197. The van der Waals surface area contributed by atoms with E-state index in [0.717, 1.165) is 25.5 Å². The van der Waals surface area contributed by atoms with E-state index in [-0.39, 0.29) is 5.78 Å². The quantitative estimate of drug-likeness (QED) is 0.535. The Balaban J connectivity index is 2.60. The molecule has 0 aromatic rings. The van der Waals surface area contributed by atoms with Gasteiger partial charge in [-0.2, -0.15) is 0 Å². The van der Waals surface area contributed by atoms with Gasteiger partial charge >= 0.3 is 0 Å². The monoisotopic (exact) mass is 152 g/mol. The van der Waals surface area contributed by atoms with Gasteiger partial charge in [-0.25, -0.2) is 0 Å². The summed E-state index contributed by atoms with van der Waals surface area (Å²) in [6.45, 7) is 0. The van der Waals surface area contributed by atoms with Crippen molar-refractivity contribution in [3.05, 3.63) is 11.6 Å². The van der Waals surface area contributed by atoms with Crippen LogP contribution in [-0.2, 0) is 9.59 Å². The predicted molar refractivity (Wildman–Crippen MR) is 42.2 cm³/mol. The van der Waals surface area contributed by atoms with E-state index in [4.69, 9.17) is 0 Å². The maximum atomic E-state index is 11.0. The summed E-state index contributed by atoms with van der Waals surface area (Å²) in [5.74, 6) is 0.197. The molecule has 0 bridgehead atoms. The molecule has 2 heteroatoms. The lowest BCUT2D eigenvalue weighted by atomic mass is 10.00. The number of Topliss-reactive ketones (excluding diaryl/α,β-unsaturated/α-hetero) is 1. The minimum Gasteiger partial charge on any atom is -0.299 e. The van der Waals surface area contributed by atoms with E-state index < -0.39 is 0 Å². The van der Waals surface area contributed by atoms with Crippen LogP contribution >= 0.6 is 0 Å². The van der Waals surface area contributed by atoms with E-state index in [1.54, 1.807) is 0 Å². The first-order valence-electron chi connectivity index (χ1n) is 3.99. The van der Waals surface area contributed by atoms with Gasteiger partial charge in [-0.15, -0.1) is 0 Å². The highest BCUT2D eigenvalue weighted by molar-refractivity contribution is 5.88. The molecule has 0 aromatic heterocycles. The van der Waals surface area contributed by atoms with Crippen LogP contribution in [0.2, 0.25) is 0 Å². The number of aldehydes is 1. The zero-order valence-corrected chi connectivity index (χ0v) is 6.51. The molecular weight excluding hydrogens is 140 g/mol. The number of rotatable bonds is 1. The minimum absolute atomic E-state index is 0.197. The molecule has 0 unspecified atom stereocenters. The molecule has 0 heterocycles. The van der Waals surface area contributed by atoms with Gasteiger partial charge in [-0.3, -0.25) is 9.59 Å². The molecule has 1 aliphatic carbocycles. The van der Waals surface area contributed by atoms with Crippen molar-refractivity contribution in [1.82, 2.24) is 0 Å². The van der Waals surface area contributed by atoms with E-state index in [0.29, 0.717) is 18.4 Å². The van der Waals surface area contributed by atoms with Gasteiger partial charge in [-0.05, 0) is 24.8 Å². The number of carbonyl (C=O) groups is 2. The third kappa shape index (κ3) is 2.66. The van der Waals surface area contributed by atoms with Crippen LogP contribution in [0.1, 0.15) is 32.1 Å². The Morgan fingerprint density at radius 2 is 2.18 bits per heavy atom. The summed E-state index contributed by atoms with van der Waals surface area (Å²) in [7, 11) is 0. The highest BCUT2D eigenvalue weighted by atomic mass is 16.1. The molecule has 0 aromatic carbocycles. The standard InChI is InChI=1S/C9H12O2/c10-7-8-4-2-1-3-5-9(11)6-8/h4,7H,1-3,5-6H2. The zero-order valence-electron chi connectivity index (χ0n) is 6.51. The molecule has 0 fully saturated rings. The van der Waals surface area contributed by atoms with Crippen LogP contribution in [0, 0.1) is 0 Å². The zero-order chi connectivity index (χ0) is 8.10. The second kappa shape index (κ2) is 4.06. The van der Waals surface area contributed by atoms with Crippen LogP contribution in [0.5, 0.6) is 0 Å². The van der Waals surface area contributed by atoms with Gasteiger partial charge in [0.05, 0.1) is 0 Å². The van der Waals surface area contributed by atoms with Gasteiger partial charge in [-0.1, -0.05) is 6.08 Å². The highest BCUT2D eigenvalue weighted by Crippen LogP contribution is 2.12. The fourth-order valence-electron chi connectivity index (χ4n) is 1.23. The van der Waals surface area contributed by atoms with Gasteiger partial charge < -0.3 is 0 Å². The molecule has 0 N–H and O–H groups in total. The van der Waals surface area contributed by atoms with E-state index in [9.17, 15) is 9.59 Å². The summed E-state index contributed by atoms with van der Waals surface area (Å²) >= 11 is 0. The summed E-state index contributed by atoms with van der Waals surface area (Å²) in [6, 6.07) is 0. The Morgan fingerprint density at radius 3 is 2.91 bits per heavy atom. The Labute approximate surface area is 66.3 Å². The topological polar surface area (TPSA) is 34.1 Å². The molecule has 0 saturated heterocycles. The van der Waals surface area contributed by atoms with Gasteiger partial charge in [0.15, 0.2) is 0 Å². The molecule has 1 rings (SSSR count). The van der Waals surface area contributed by atoms with Crippen molar-refractivity contribution in [2.24, 2.45) is 0 Å². The van der Waals surface area contributed by atoms with Crippen molar-refractivity contribution in [1.29, 1.82) is 0 Å². The Hall–Kier alpha value is -0.920. The van der Waals surface area contributed by atoms with Gasteiger partial charge in [0.2, 0.25) is 0 Å². The third-order valence-corrected chi connectivity index (χ3v) is 1.87. The van der Waals surface area contributed by atoms with Crippen molar-refractivity contribution in [3.8, 4) is 0 Å². The number of hydrogen-bond donors (Lipinski definition) is 0. The number of hydrogen-bond acceptors (Lipinski definition) is 2. The first kappa shape index (κ1) is 8.18. The maximum absolute atomic E-state index is 11.0. The van der Waals surface area contributed by atoms with Crippen LogP contribution in [0.4, 0.5) is 0 Å². The first-order chi connectivity index (χ1) is 5.33. The molecule has 1 aliphatic rings. The second-order valence-electron chi connectivity index (χ2n) is 2.86. The van der Waals surface area contributed by atoms with E-state index in [2.05, 4.69) is 0 Å². The van der Waals surface area contributed by atoms with Crippen molar-refractivity contribution in [2.75, 3.05) is 0 Å². The molecule has 0 aliphatic heterocycles. The lowest BCUT2D eigenvalue weighted by molar-refractivity contribution is -0.119. The van der Waals surface area contributed by atoms with Gasteiger partial charge in [0, 0.05) is 12.8 Å². The van der Waals surface area contributed by atoms with Crippen molar-refractivity contribution in [3.63, 3.8) is 0 Å². The first-order valence-corrected chi connectivity index (χ1v) is 3.99. The summed E-state index contributed by atoms with van der Waals surface area (Å²) in [4.78, 5) is 21.4. The predicted octanol–water partition coefficient (Wildman–Crippen LogP) is 1.64. The molecule has 0 atom stereocenters. The Morgan fingerprint density at radius 1 is 1.36 bits per heavy atom. The molecule has 60 valence electrons. The molecular formula is C9H12O2. The van der Waals surface area contributed by atoms with E-state index >= 15 is 0 Å². The Kier molecular flexibility index (Phi) is 3.02. The summed E-state index contributed by atoms with van der Waals surface area (Å²) < 4.78 is 0. The van der Waals surface area contributed by atoms with Crippen molar-refractivity contribution in [2.45, 2.75) is 32.1 Å². The summed E-state index contributed by atoms with van der Waals surface area (Å²) in [5.41, 5.74) is 0.662. The number of allylic oxidation sites excluding steroid dienone is 2. The van der Waals surface area contributed by atoms with Crippen LogP contribution in [0.3, 0.4) is 0 Å². The summed E-state index contributed by atoms with van der Waals surface area (Å²) in [5, 5.41) is 0. The smallest absolute Gasteiger partial charge is 0.146 e. The van der Waals surface area contributed by atoms with Crippen molar-refractivity contribution >= 4 is 12.1 Å². The largest absolute Gasteiger partial charge is 0.299 e. The van der Waals surface area contributed by atoms with Gasteiger partial charge in [0.1, 0.15) is 12.1 Å². The SMILES string of the molecule is O=CC1=CCCCCC(=O)C1. The molecule has 11 heavy (non-hydrogen) atoms. The van der Waals surface area contributed by atoms with Crippen LogP contribution in [0.25, 0.3) is 0 Å². The van der Waals surface area contributed by atoms with Crippen LogP contribution in [0.15, 0.2) is 11.6 Å². The lowest BCUT2D eigenvalue weighted by Crippen LogP contribution is -2.03. The number of carbonyl (C=O) groups excluding carboxylic acids is 2. The average Bonchev–Trinajstić information content (AvgIpc) is 1.96. The lowest BCUT2D eigenvalue weighted by Gasteiger charge is -2.04. The van der Waals surface area contributed by atoms with Crippen LogP contribution in [-0.4, -0.2) is 12.1 Å². The average molecular weight is 152 g/mol. The van der Waals surface area contributed by atoms with E-state index in [1.165, 1.54) is 0 Å². The van der Waals surface area contributed by atoms with Gasteiger partial charge in [0.25, 0.3) is 0 Å². The molecule has 0 spiro atoms. The van der Waals surface area contributed by atoms with Crippen LogP contribution < -0.4 is 0 Å².